The number of hydrogen-bond acceptors (Lipinski definition) is 3. The fourth-order valence-electron chi connectivity index (χ4n) is 1.89. The first kappa shape index (κ1) is 9.96. The third kappa shape index (κ3) is 2.19. The lowest BCUT2D eigenvalue weighted by Crippen LogP contribution is -2.26. The molecule has 0 radical (unpaired) electrons. The van der Waals surface area contributed by atoms with Crippen LogP contribution in [0.2, 0.25) is 0 Å². The van der Waals surface area contributed by atoms with Gasteiger partial charge in [-0.25, -0.2) is 0 Å². The Morgan fingerprint density at radius 1 is 1.42 bits per heavy atom. The molecule has 2 N–H and O–H groups in total. The van der Waals surface area contributed by atoms with E-state index < -0.39 is 0 Å². The summed E-state index contributed by atoms with van der Waals surface area (Å²) < 4.78 is 0. The number of likely N-dealkylation sites (tertiary alicyclic amines) is 1. The number of hydrogen-bond donors (Lipinski definition) is 2. The normalized spacial score (nSPS) is 25.5. The second-order valence-corrected chi connectivity index (χ2v) is 3.57. The van der Waals surface area contributed by atoms with E-state index in [9.17, 15) is 0 Å². The van der Waals surface area contributed by atoms with Crippen LogP contribution in [-0.4, -0.2) is 48.0 Å². The zero-order valence-electron chi connectivity index (χ0n) is 7.74. The predicted octanol–water partition coefficient (Wildman–Crippen LogP) is -0.0710. The molecule has 0 aliphatic carbocycles. The molecular weight excluding hydrogens is 154 g/mol. The van der Waals surface area contributed by atoms with Crippen molar-refractivity contribution in [1.82, 2.24) is 4.90 Å². The van der Waals surface area contributed by atoms with Crippen molar-refractivity contribution in [2.75, 3.05) is 32.8 Å². The van der Waals surface area contributed by atoms with E-state index in [0.29, 0.717) is 5.92 Å². The van der Waals surface area contributed by atoms with E-state index in [1.807, 2.05) is 0 Å². The summed E-state index contributed by atoms with van der Waals surface area (Å²) in [5.74, 6) is 0.599. The summed E-state index contributed by atoms with van der Waals surface area (Å²) in [5, 5.41) is 17.9. The molecule has 1 heterocycles. The van der Waals surface area contributed by atoms with Crippen LogP contribution in [-0.2, 0) is 0 Å². The molecule has 1 saturated heterocycles. The van der Waals surface area contributed by atoms with Gasteiger partial charge in [-0.3, -0.25) is 0 Å². The quantitative estimate of drug-likeness (QED) is 0.625. The first-order valence-corrected chi connectivity index (χ1v) is 4.75. The van der Waals surface area contributed by atoms with Crippen molar-refractivity contribution in [2.24, 2.45) is 11.8 Å². The maximum Gasteiger partial charge on any atom is 0.0484 e. The lowest BCUT2D eigenvalue weighted by Gasteiger charge is -2.19. The van der Waals surface area contributed by atoms with E-state index in [2.05, 4.69) is 11.8 Å². The Morgan fingerprint density at radius 2 is 2.08 bits per heavy atom. The molecule has 12 heavy (non-hydrogen) atoms. The van der Waals surface area contributed by atoms with Crippen molar-refractivity contribution < 1.29 is 10.2 Å². The van der Waals surface area contributed by atoms with Crippen molar-refractivity contribution >= 4 is 0 Å². The van der Waals surface area contributed by atoms with Crippen LogP contribution in [0.15, 0.2) is 0 Å². The smallest absolute Gasteiger partial charge is 0.0484 e. The zero-order chi connectivity index (χ0) is 8.97. The molecule has 1 atom stereocenters. The standard InChI is InChI=1S/C9H19NO2/c1-2-10-4-3-8(5-10)9(6-11)7-12/h8-9,11-12H,2-7H2,1H3. The molecule has 0 bridgehead atoms. The van der Waals surface area contributed by atoms with Crippen LogP contribution in [0.4, 0.5) is 0 Å². The average Bonchev–Trinajstić information content (AvgIpc) is 2.55. The fraction of sp³-hybridized carbons (Fsp3) is 1.00. The third-order valence-corrected chi connectivity index (χ3v) is 2.89. The van der Waals surface area contributed by atoms with Crippen LogP contribution >= 0.6 is 0 Å². The summed E-state index contributed by atoms with van der Waals surface area (Å²) in [5.41, 5.74) is 0. The van der Waals surface area contributed by atoms with Crippen LogP contribution in [0, 0.1) is 11.8 Å². The molecule has 0 amide bonds. The van der Waals surface area contributed by atoms with Gasteiger partial charge in [-0.1, -0.05) is 6.92 Å². The molecule has 1 unspecified atom stereocenters. The van der Waals surface area contributed by atoms with Gasteiger partial charge in [0.1, 0.15) is 0 Å². The molecule has 1 fully saturated rings. The maximum atomic E-state index is 8.97. The van der Waals surface area contributed by atoms with Crippen molar-refractivity contribution in [3.63, 3.8) is 0 Å². The van der Waals surface area contributed by atoms with Gasteiger partial charge in [-0.2, -0.15) is 0 Å². The van der Waals surface area contributed by atoms with E-state index in [1.165, 1.54) is 0 Å². The van der Waals surface area contributed by atoms with Gasteiger partial charge < -0.3 is 15.1 Å². The summed E-state index contributed by atoms with van der Waals surface area (Å²) >= 11 is 0. The Labute approximate surface area is 74.0 Å². The van der Waals surface area contributed by atoms with Gasteiger partial charge in [0.15, 0.2) is 0 Å². The fourth-order valence-corrected chi connectivity index (χ4v) is 1.89. The van der Waals surface area contributed by atoms with Crippen LogP contribution in [0.5, 0.6) is 0 Å². The number of nitrogens with zero attached hydrogens (tertiary/aromatic N) is 1. The highest BCUT2D eigenvalue weighted by Gasteiger charge is 2.27. The number of rotatable bonds is 4. The largest absolute Gasteiger partial charge is 0.396 e. The second kappa shape index (κ2) is 4.80. The average molecular weight is 173 g/mol. The first-order valence-electron chi connectivity index (χ1n) is 4.75. The molecule has 1 aliphatic rings. The molecule has 3 nitrogen and oxygen atoms in total. The van der Waals surface area contributed by atoms with Gasteiger partial charge in [0.2, 0.25) is 0 Å². The summed E-state index contributed by atoms with van der Waals surface area (Å²) in [6.45, 7) is 5.65. The minimum atomic E-state index is 0.0987. The summed E-state index contributed by atoms with van der Waals surface area (Å²) in [7, 11) is 0. The lowest BCUT2D eigenvalue weighted by atomic mass is 9.93. The Balaban J connectivity index is 2.34. The monoisotopic (exact) mass is 173 g/mol. The van der Waals surface area contributed by atoms with Crippen LogP contribution in [0.3, 0.4) is 0 Å². The third-order valence-electron chi connectivity index (χ3n) is 2.89. The topological polar surface area (TPSA) is 43.7 Å². The van der Waals surface area contributed by atoms with E-state index >= 15 is 0 Å². The Hall–Kier alpha value is -0.120. The van der Waals surface area contributed by atoms with Gasteiger partial charge in [-0.15, -0.1) is 0 Å². The molecule has 0 aromatic heterocycles. The predicted molar refractivity (Wildman–Crippen MR) is 47.9 cm³/mol. The summed E-state index contributed by atoms with van der Waals surface area (Å²) in [6, 6.07) is 0. The second-order valence-electron chi connectivity index (χ2n) is 3.57. The molecule has 72 valence electrons. The molecular formula is C9H19NO2. The molecule has 3 heteroatoms. The van der Waals surface area contributed by atoms with E-state index in [0.717, 1.165) is 26.1 Å². The molecule has 0 spiro atoms. The van der Waals surface area contributed by atoms with Crippen LogP contribution in [0.25, 0.3) is 0 Å². The Bertz CT molecular complexity index is 126. The Kier molecular flexibility index (Phi) is 3.98. The summed E-state index contributed by atoms with van der Waals surface area (Å²) in [4.78, 5) is 2.36. The van der Waals surface area contributed by atoms with Crippen LogP contribution in [0.1, 0.15) is 13.3 Å². The highest BCUT2D eigenvalue weighted by Crippen LogP contribution is 2.23. The minimum Gasteiger partial charge on any atom is -0.396 e. The van der Waals surface area contributed by atoms with Gasteiger partial charge in [0, 0.05) is 25.7 Å². The van der Waals surface area contributed by atoms with Crippen molar-refractivity contribution in [3.8, 4) is 0 Å². The van der Waals surface area contributed by atoms with Crippen LogP contribution < -0.4 is 0 Å². The van der Waals surface area contributed by atoms with Crippen molar-refractivity contribution in [3.05, 3.63) is 0 Å². The highest BCUT2D eigenvalue weighted by atomic mass is 16.3. The first-order chi connectivity index (χ1) is 5.81. The zero-order valence-corrected chi connectivity index (χ0v) is 7.74. The van der Waals surface area contributed by atoms with E-state index in [4.69, 9.17) is 10.2 Å². The summed E-state index contributed by atoms with van der Waals surface area (Å²) in [6.07, 6.45) is 1.12. The van der Waals surface area contributed by atoms with Gasteiger partial charge in [-0.05, 0) is 25.4 Å². The van der Waals surface area contributed by atoms with Gasteiger partial charge >= 0.3 is 0 Å². The molecule has 0 aromatic rings. The molecule has 1 aliphatic heterocycles. The van der Waals surface area contributed by atoms with Crippen molar-refractivity contribution in [1.29, 1.82) is 0 Å². The molecule has 0 saturated carbocycles. The van der Waals surface area contributed by atoms with E-state index in [1.54, 1.807) is 0 Å². The number of aliphatic hydroxyl groups is 2. The van der Waals surface area contributed by atoms with Gasteiger partial charge in [0.25, 0.3) is 0 Å². The lowest BCUT2D eigenvalue weighted by molar-refractivity contribution is 0.108. The van der Waals surface area contributed by atoms with E-state index in [-0.39, 0.29) is 19.1 Å². The molecule has 0 aromatic carbocycles. The Morgan fingerprint density at radius 3 is 2.50 bits per heavy atom. The SMILES string of the molecule is CCN1CCC(C(CO)CO)C1. The minimum absolute atomic E-state index is 0.0987. The van der Waals surface area contributed by atoms with Gasteiger partial charge in [0.05, 0.1) is 0 Å². The highest BCUT2D eigenvalue weighted by molar-refractivity contribution is 4.79. The molecule has 1 rings (SSSR count). The number of aliphatic hydroxyl groups excluding tert-OH is 2. The maximum absolute atomic E-state index is 8.97. The van der Waals surface area contributed by atoms with Crippen molar-refractivity contribution in [2.45, 2.75) is 13.3 Å².